The van der Waals surface area contributed by atoms with Gasteiger partial charge in [0, 0.05) is 49.5 Å². The first-order chi connectivity index (χ1) is 16.1. The molecule has 0 saturated carbocycles. The van der Waals surface area contributed by atoms with Crippen LogP contribution in [-0.2, 0) is 20.0 Å². The lowest BCUT2D eigenvalue weighted by molar-refractivity contribution is 0.0947. The fourth-order valence-corrected chi connectivity index (χ4v) is 4.16. The summed E-state index contributed by atoms with van der Waals surface area (Å²) in [6.45, 7) is 4.00. The van der Waals surface area contributed by atoms with Crippen LogP contribution in [0.3, 0.4) is 0 Å². The first kappa shape index (κ1) is 20.7. The van der Waals surface area contributed by atoms with E-state index in [9.17, 15) is 4.79 Å². The Hall–Kier alpha value is -4.14. The zero-order valence-electron chi connectivity index (χ0n) is 18.7. The Morgan fingerprint density at radius 2 is 2.03 bits per heavy atom. The molecular formula is C24H26N8O. The van der Waals surface area contributed by atoms with Gasteiger partial charge in [-0.1, -0.05) is 12.1 Å². The molecule has 1 aromatic carbocycles. The number of amides is 1. The molecule has 0 saturated heterocycles. The number of hydrogen-bond donors (Lipinski definition) is 3. The molecule has 1 aliphatic heterocycles. The fourth-order valence-electron chi connectivity index (χ4n) is 4.16. The maximum Gasteiger partial charge on any atom is 0.267 e. The average molecular weight is 443 g/mol. The quantitative estimate of drug-likeness (QED) is 0.423. The number of benzene rings is 1. The van der Waals surface area contributed by atoms with Crippen molar-refractivity contribution in [2.45, 2.75) is 19.9 Å². The van der Waals surface area contributed by atoms with E-state index in [4.69, 9.17) is 4.98 Å². The van der Waals surface area contributed by atoms with Gasteiger partial charge in [0.05, 0.1) is 12.7 Å². The van der Waals surface area contributed by atoms with E-state index in [0.29, 0.717) is 24.7 Å². The van der Waals surface area contributed by atoms with E-state index in [-0.39, 0.29) is 5.91 Å². The summed E-state index contributed by atoms with van der Waals surface area (Å²) in [5.41, 5.74) is 6.12. The van der Waals surface area contributed by atoms with E-state index in [1.165, 1.54) is 5.56 Å². The second-order valence-corrected chi connectivity index (χ2v) is 8.02. The first-order valence-corrected chi connectivity index (χ1v) is 11.0. The van der Waals surface area contributed by atoms with Gasteiger partial charge in [-0.05, 0) is 48.7 Å². The van der Waals surface area contributed by atoms with Crippen LogP contribution in [0.15, 0.2) is 55.0 Å². The molecule has 33 heavy (non-hydrogen) atoms. The monoisotopic (exact) mass is 442 g/mol. The lowest BCUT2D eigenvalue weighted by atomic mass is 10.1. The van der Waals surface area contributed by atoms with E-state index < -0.39 is 0 Å². The largest absolute Gasteiger partial charge is 0.351 e. The number of carbonyl (C=O) groups excluding carboxylic acids is 1. The predicted octanol–water partition coefficient (Wildman–Crippen LogP) is 3.26. The van der Waals surface area contributed by atoms with Gasteiger partial charge >= 0.3 is 0 Å². The standard InChI is InChI=1S/C24H26N8O/c1-3-25-23(33)20-12-17-9-11-32(15-21(17)31(20)2)24-26-10-8-22(30-24)29-19-6-4-16(5-7-19)18-13-27-28-14-18/h4-8,10,12-14H,3,9,11,15H2,1-2H3,(H,25,33)(H,27,28)(H,26,29,30). The van der Waals surface area contributed by atoms with Crippen LogP contribution in [0.5, 0.6) is 0 Å². The van der Waals surface area contributed by atoms with Crippen LogP contribution in [0.25, 0.3) is 11.1 Å². The maximum absolute atomic E-state index is 12.4. The zero-order valence-corrected chi connectivity index (χ0v) is 18.7. The Kier molecular flexibility index (Phi) is 5.52. The number of aromatic nitrogens is 5. The third-order valence-electron chi connectivity index (χ3n) is 5.92. The summed E-state index contributed by atoms with van der Waals surface area (Å²) in [6.07, 6.45) is 6.29. The van der Waals surface area contributed by atoms with Crippen molar-refractivity contribution in [3.05, 3.63) is 71.9 Å². The van der Waals surface area contributed by atoms with Crippen molar-refractivity contribution in [2.24, 2.45) is 7.05 Å². The Morgan fingerprint density at radius 3 is 2.79 bits per heavy atom. The predicted molar refractivity (Wildman–Crippen MR) is 128 cm³/mol. The van der Waals surface area contributed by atoms with Crippen molar-refractivity contribution in [2.75, 3.05) is 23.3 Å². The Balaban J connectivity index is 1.31. The third-order valence-corrected chi connectivity index (χ3v) is 5.92. The minimum absolute atomic E-state index is 0.0396. The van der Waals surface area contributed by atoms with Crippen LogP contribution in [0.1, 0.15) is 28.7 Å². The van der Waals surface area contributed by atoms with E-state index in [0.717, 1.165) is 41.3 Å². The van der Waals surface area contributed by atoms with E-state index in [1.54, 1.807) is 12.4 Å². The van der Waals surface area contributed by atoms with Crippen molar-refractivity contribution in [3.8, 4) is 11.1 Å². The van der Waals surface area contributed by atoms with Gasteiger partial charge in [0.1, 0.15) is 11.5 Å². The highest BCUT2D eigenvalue weighted by Gasteiger charge is 2.25. The van der Waals surface area contributed by atoms with Crippen LogP contribution in [0, 0.1) is 0 Å². The molecule has 1 amide bonds. The maximum atomic E-state index is 12.4. The normalized spacial score (nSPS) is 13.0. The van der Waals surface area contributed by atoms with Crippen LogP contribution < -0.4 is 15.5 Å². The SMILES string of the molecule is CCNC(=O)c1cc2c(n1C)CN(c1nccc(Nc3ccc(-c4cn[nH]c4)cc3)n1)CC2. The molecule has 4 aromatic rings. The van der Waals surface area contributed by atoms with Gasteiger partial charge in [-0.2, -0.15) is 10.1 Å². The number of rotatable bonds is 6. The molecule has 3 aromatic heterocycles. The molecule has 5 rings (SSSR count). The molecule has 0 fully saturated rings. The molecule has 4 heterocycles. The second-order valence-electron chi connectivity index (χ2n) is 8.02. The van der Waals surface area contributed by atoms with Crippen molar-refractivity contribution < 1.29 is 4.79 Å². The molecule has 9 heteroatoms. The highest BCUT2D eigenvalue weighted by atomic mass is 16.1. The van der Waals surface area contributed by atoms with E-state index in [2.05, 4.69) is 30.7 Å². The minimum atomic E-state index is -0.0396. The highest BCUT2D eigenvalue weighted by Crippen LogP contribution is 2.26. The zero-order chi connectivity index (χ0) is 22.8. The Labute approximate surface area is 191 Å². The highest BCUT2D eigenvalue weighted by molar-refractivity contribution is 5.93. The number of fused-ring (bicyclic) bond motifs is 1. The number of aromatic amines is 1. The minimum Gasteiger partial charge on any atom is -0.351 e. The summed E-state index contributed by atoms with van der Waals surface area (Å²) in [7, 11) is 1.94. The Morgan fingerprint density at radius 1 is 1.18 bits per heavy atom. The van der Waals surface area contributed by atoms with Crippen LogP contribution in [-0.4, -0.2) is 43.7 Å². The molecule has 0 unspecified atom stereocenters. The van der Waals surface area contributed by atoms with Crippen LogP contribution >= 0.6 is 0 Å². The van der Waals surface area contributed by atoms with E-state index in [1.807, 2.05) is 61.1 Å². The second kappa shape index (κ2) is 8.78. The molecule has 3 N–H and O–H groups in total. The average Bonchev–Trinajstić information content (AvgIpc) is 3.48. The number of carbonyl (C=O) groups is 1. The molecule has 168 valence electrons. The van der Waals surface area contributed by atoms with Gasteiger partial charge in [0.15, 0.2) is 0 Å². The van der Waals surface area contributed by atoms with Crippen molar-refractivity contribution in [1.82, 2.24) is 30.0 Å². The first-order valence-electron chi connectivity index (χ1n) is 11.0. The molecule has 0 bridgehead atoms. The Bertz CT molecular complexity index is 1260. The summed E-state index contributed by atoms with van der Waals surface area (Å²) >= 11 is 0. The van der Waals surface area contributed by atoms with Crippen molar-refractivity contribution in [3.63, 3.8) is 0 Å². The van der Waals surface area contributed by atoms with Gasteiger partial charge in [0.2, 0.25) is 5.95 Å². The van der Waals surface area contributed by atoms with Gasteiger partial charge in [-0.15, -0.1) is 0 Å². The number of H-pyrrole nitrogens is 1. The molecule has 1 aliphatic rings. The molecule has 9 nitrogen and oxygen atoms in total. The molecular weight excluding hydrogens is 416 g/mol. The number of nitrogens with zero attached hydrogens (tertiary/aromatic N) is 5. The lowest BCUT2D eigenvalue weighted by Crippen LogP contribution is -2.32. The summed E-state index contributed by atoms with van der Waals surface area (Å²) in [5.74, 6) is 1.36. The fraction of sp³-hybridized carbons (Fsp3) is 0.250. The number of nitrogens with one attached hydrogen (secondary N) is 3. The van der Waals surface area contributed by atoms with Crippen molar-refractivity contribution >= 4 is 23.4 Å². The topological polar surface area (TPSA) is 104 Å². The summed E-state index contributed by atoms with van der Waals surface area (Å²) < 4.78 is 1.98. The van der Waals surface area contributed by atoms with Crippen LogP contribution in [0.2, 0.25) is 0 Å². The van der Waals surface area contributed by atoms with Crippen molar-refractivity contribution in [1.29, 1.82) is 0 Å². The number of hydrogen-bond acceptors (Lipinski definition) is 6. The lowest BCUT2D eigenvalue weighted by Gasteiger charge is -2.28. The van der Waals surface area contributed by atoms with Gasteiger partial charge in [-0.25, -0.2) is 4.98 Å². The summed E-state index contributed by atoms with van der Waals surface area (Å²) in [5, 5.41) is 13.1. The van der Waals surface area contributed by atoms with Crippen LogP contribution in [0.4, 0.5) is 17.5 Å². The van der Waals surface area contributed by atoms with Gasteiger partial charge in [0.25, 0.3) is 5.91 Å². The number of anilines is 3. The molecule has 0 radical (unpaired) electrons. The van der Waals surface area contributed by atoms with Gasteiger partial charge in [-0.3, -0.25) is 9.89 Å². The molecule has 0 atom stereocenters. The van der Waals surface area contributed by atoms with E-state index >= 15 is 0 Å². The summed E-state index contributed by atoms with van der Waals surface area (Å²) in [4.78, 5) is 23.7. The molecule has 0 spiro atoms. The summed E-state index contributed by atoms with van der Waals surface area (Å²) in [6, 6.07) is 12.0. The van der Waals surface area contributed by atoms with Gasteiger partial charge < -0.3 is 20.1 Å². The smallest absolute Gasteiger partial charge is 0.267 e. The molecule has 0 aliphatic carbocycles. The third kappa shape index (κ3) is 4.17.